The first-order chi connectivity index (χ1) is 9.42. The highest BCUT2D eigenvalue weighted by atomic mass is 16.3. The van der Waals surface area contributed by atoms with Gasteiger partial charge in [0.05, 0.1) is 6.20 Å². The lowest BCUT2D eigenvalue weighted by atomic mass is 10.1. The van der Waals surface area contributed by atoms with Crippen molar-refractivity contribution in [1.29, 1.82) is 0 Å². The molecule has 1 N–H and O–H groups in total. The monoisotopic (exact) mass is 256 g/mol. The van der Waals surface area contributed by atoms with Gasteiger partial charge in [-0.05, 0) is 25.0 Å². The van der Waals surface area contributed by atoms with E-state index in [2.05, 4.69) is 34.6 Å². The molecular formula is C16H20N2O. The number of nitrogens with zero attached hydrogens (tertiary/aromatic N) is 1. The van der Waals surface area contributed by atoms with Crippen molar-refractivity contribution in [3.05, 3.63) is 36.9 Å². The molecule has 1 heterocycles. The Balaban J connectivity index is 1.72. The van der Waals surface area contributed by atoms with E-state index in [4.69, 9.17) is 4.42 Å². The molecule has 3 rings (SSSR count). The van der Waals surface area contributed by atoms with Crippen molar-refractivity contribution in [1.82, 2.24) is 4.98 Å². The van der Waals surface area contributed by atoms with E-state index < -0.39 is 0 Å². The highest BCUT2D eigenvalue weighted by Crippen LogP contribution is 2.25. The zero-order chi connectivity index (χ0) is 12.9. The van der Waals surface area contributed by atoms with Crippen LogP contribution in [0.2, 0.25) is 0 Å². The van der Waals surface area contributed by atoms with E-state index in [-0.39, 0.29) is 0 Å². The Morgan fingerprint density at radius 2 is 1.95 bits per heavy atom. The summed E-state index contributed by atoms with van der Waals surface area (Å²) in [6, 6.07) is 9.01. The van der Waals surface area contributed by atoms with Crippen molar-refractivity contribution in [3.63, 3.8) is 0 Å². The largest absolute Gasteiger partial charge is 0.444 e. The highest BCUT2D eigenvalue weighted by molar-refractivity contribution is 5.63. The quantitative estimate of drug-likeness (QED) is 0.823. The third-order valence-electron chi connectivity index (χ3n) is 3.81. The Morgan fingerprint density at radius 3 is 2.68 bits per heavy atom. The molecule has 1 aliphatic rings. The third kappa shape index (κ3) is 3.16. The number of benzene rings is 1. The second kappa shape index (κ2) is 5.91. The minimum absolute atomic E-state index is 0.618. The van der Waals surface area contributed by atoms with E-state index in [1.54, 1.807) is 6.20 Å². The number of oxazole rings is 1. The molecule has 1 aliphatic carbocycles. The van der Waals surface area contributed by atoms with Gasteiger partial charge in [-0.25, -0.2) is 4.98 Å². The Kier molecular flexibility index (Phi) is 3.82. The van der Waals surface area contributed by atoms with Gasteiger partial charge < -0.3 is 9.73 Å². The van der Waals surface area contributed by atoms with E-state index >= 15 is 0 Å². The minimum atomic E-state index is 0.618. The van der Waals surface area contributed by atoms with Gasteiger partial charge in [-0.2, -0.15) is 0 Å². The lowest BCUT2D eigenvalue weighted by Gasteiger charge is -2.18. The van der Waals surface area contributed by atoms with Crippen molar-refractivity contribution >= 4 is 5.69 Å². The maximum Gasteiger partial charge on any atom is 0.181 e. The predicted molar refractivity (Wildman–Crippen MR) is 77.1 cm³/mol. The van der Waals surface area contributed by atoms with Gasteiger partial charge in [0, 0.05) is 17.3 Å². The van der Waals surface area contributed by atoms with Gasteiger partial charge in [-0.15, -0.1) is 0 Å². The van der Waals surface area contributed by atoms with Gasteiger partial charge in [0.2, 0.25) is 0 Å². The SMILES string of the molecule is c1cc(NC2CCCCCC2)cc(-c2cnco2)c1. The van der Waals surface area contributed by atoms with Crippen molar-refractivity contribution in [2.75, 3.05) is 5.32 Å². The molecule has 1 aromatic carbocycles. The van der Waals surface area contributed by atoms with Crippen LogP contribution in [-0.2, 0) is 0 Å². The second-order valence-electron chi connectivity index (χ2n) is 5.28. The molecule has 0 spiro atoms. The summed E-state index contributed by atoms with van der Waals surface area (Å²) < 4.78 is 5.35. The molecule has 0 amide bonds. The zero-order valence-electron chi connectivity index (χ0n) is 11.1. The van der Waals surface area contributed by atoms with Crippen LogP contribution in [0, 0.1) is 0 Å². The Labute approximate surface area is 114 Å². The smallest absolute Gasteiger partial charge is 0.181 e. The first-order valence-corrected chi connectivity index (χ1v) is 7.17. The molecule has 1 fully saturated rings. The third-order valence-corrected chi connectivity index (χ3v) is 3.81. The predicted octanol–water partition coefficient (Wildman–Crippen LogP) is 4.48. The molecule has 2 aromatic rings. The summed E-state index contributed by atoms with van der Waals surface area (Å²) in [6.07, 6.45) is 11.3. The molecular weight excluding hydrogens is 236 g/mol. The summed E-state index contributed by atoms with van der Waals surface area (Å²) in [5.41, 5.74) is 2.26. The van der Waals surface area contributed by atoms with Crippen LogP contribution in [0.5, 0.6) is 0 Å². The summed E-state index contributed by atoms with van der Waals surface area (Å²) in [4.78, 5) is 3.97. The number of aromatic nitrogens is 1. The number of rotatable bonds is 3. The Hall–Kier alpha value is -1.77. The summed E-state index contributed by atoms with van der Waals surface area (Å²) in [5, 5.41) is 3.66. The van der Waals surface area contributed by atoms with Crippen LogP contribution in [0.3, 0.4) is 0 Å². The lowest BCUT2D eigenvalue weighted by molar-refractivity contribution is 0.572. The fraction of sp³-hybridized carbons (Fsp3) is 0.438. The van der Waals surface area contributed by atoms with Gasteiger partial charge in [0.25, 0.3) is 0 Å². The molecule has 1 aromatic heterocycles. The van der Waals surface area contributed by atoms with E-state index in [0.29, 0.717) is 6.04 Å². The normalized spacial score (nSPS) is 17.1. The van der Waals surface area contributed by atoms with E-state index in [1.807, 2.05) is 0 Å². The number of anilines is 1. The van der Waals surface area contributed by atoms with Crippen LogP contribution < -0.4 is 5.32 Å². The maximum absolute atomic E-state index is 5.35. The van der Waals surface area contributed by atoms with Crippen molar-refractivity contribution in [2.24, 2.45) is 0 Å². The van der Waals surface area contributed by atoms with Crippen LogP contribution in [0.25, 0.3) is 11.3 Å². The molecule has 19 heavy (non-hydrogen) atoms. The van der Waals surface area contributed by atoms with Crippen LogP contribution >= 0.6 is 0 Å². The van der Waals surface area contributed by atoms with Crippen LogP contribution in [0.4, 0.5) is 5.69 Å². The maximum atomic E-state index is 5.35. The van der Waals surface area contributed by atoms with Crippen LogP contribution in [-0.4, -0.2) is 11.0 Å². The minimum Gasteiger partial charge on any atom is -0.444 e. The van der Waals surface area contributed by atoms with E-state index in [1.165, 1.54) is 50.6 Å². The van der Waals surface area contributed by atoms with Gasteiger partial charge in [0.15, 0.2) is 12.2 Å². The molecule has 0 radical (unpaired) electrons. The lowest BCUT2D eigenvalue weighted by Crippen LogP contribution is -2.18. The zero-order valence-corrected chi connectivity index (χ0v) is 11.1. The standard InChI is InChI=1S/C16H20N2O/c1-2-4-8-14(7-3-1)18-15-9-5-6-13(10-15)16-11-17-12-19-16/h5-6,9-12,14,18H,1-4,7-8H2. The van der Waals surface area contributed by atoms with Gasteiger partial charge in [-0.1, -0.05) is 37.8 Å². The van der Waals surface area contributed by atoms with Gasteiger partial charge in [-0.3, -0.25) is 0 Å². The Morgan fingerprint density at radius 1 is 1.11 bits per heavy atom. The summed E-state index contributed by atoms with van der Waals surface area (Å²) >= 11 is 0. The molecule has 0 unspecified atom stereocenters. The summed E-state index contributed by atoms with van der Waals surface area (Å²) in [7, 11) is 0. The number of nitrogens with one attached hydrogen (secondary N) is 1. The molecule has 0 aliphatic heterocycles. The van der Waals surface area contributed by atoms with Crippen molar-refractivity contribution in [3.8, 4) is 11.3 Å². The Bertz CT molecular complexity index is 499. The van der Waals surface area contributed by atoms with Crippen LogP contribution in [0.15, 0.2) is 41.3 Å². The summed E-state index contributed by atoms with van der Waals surface area (Å²) in [5.74, 6) is 0.824. The first-order valence-electron chi connectivity index (χ1n) is 7.17. The van der Waals surface area contributed by atoms with Crippen molar-refractivity contribution in [2.45, 2.75) is 44.6 Å². The molecule has 100 valence electrons. The molecule has 1 saturated carbocycles. The molecule has 3 nitrogen and oxygen atoms in total. The van der Waals surface area contributed by atoms with Crippen molar-refractivity contribution < 1.29 is 4.42 Å². The number of hydrogen-bond acceptors (Lipinski definition) is 3. The first kappa shape index (κ1) is 12.3. The summed E-state index contributed by atoms with van der Waals surface area (Å²) in [6.45, 7) is 0. The molecule has 0 saturated heterocycles. The van der Waals surface area contributed by atoms with Crippen LogP contribution in [0.1, 0.15) is 38.5 Å². The highest BCUT2D eigenvalue weighted by Gasteiger charge is 2.12. The fourth-order valence-electron chi connectivity index (χ4n) is 2.78. The average molecular weight is 256 g/mol. The molecule has 0 bridgehead atoms. The molecule has 3 heteroatoms. The van der Waals surface area contributed by atoms with E-state index in [0.717, 1.165) is 11.3 Å². The van der Waals surface area contributed by atoms with Gasteiger partial charge in [0.1, 0.15) is 0 Å². The topological polar surface area (TPSA) is 38.1 Å². The number of hydrogen-bond donors (Lipinski definition) is 1. The second-order valence-corrected chi connectivity index (χ2v) is 5.28. The van der Waals surface area contributed by atoms with Gasteiger partial charge >= 0.3 is 0 Å². The van der Waals surface area contributed by atoms with E-state index in [9.17, 15) is 0 Å². The molecule has 0 atom stereocenters. The fourth-order valence-corrected chi connectivity index (χ4v) is 2.78. The average Bonchev–Trinajstić information content (AvgIpc) is 2.86.